The van der Waals surface area contributed by atoms with Gasteiger partial charge in [-0.05, 0) is 24.1 Å². The Morgan fingerprint density at radius 2 is 2.08 bits per heavy atom. The number of halogens is 1. The highest BCUT2D eigenvalue weighted by atomic mass is 35.5. The molecule has 1 amide bonds. The minimum atomic E-state index is -0.0439. The zero-order valence-corrected chi connectivity index (χ0v) is 15.6. The third kappa shape index (κ3) is 5.39. The zero-order valence-electron chi connectivity index (χ0n) is 14.0. The van der Waals surface area contributed by atoms with E-state index >= 15 is 0 Å². The Labute approximate surface area is 151 Å². The third-order valence-electron chi connectivity index (χ3n) is 3.21. The summed E-state index contributed by atoms with van der Waals surface area (Å²) in [5, 5.41) is 3.92. The Morgan fingerprint density at radius 3 is 2.79 bits per heavy atom. The fraction of sp³-hybridized carbons (Fsp3) is 0.353. The van der Waals surface area contributed by atoms with E-state index in [-0.39, 0.29) is 5.91 Å². The summed E-state index contributed by atoms with van der Waals surface area (Å²) in [6.45, 7) is 2.71. The Morgan fingerprint density at radius 1 is 1.29 bits per heavy atom. The summed E-state index contributed by atoms with van der Waals surface area (Å²) in [5.41, 5.74) is 1.71. The van der Waals surface area contributed by atoms with E-state index in [0.717, 1.165) is 17.8 Å². The average Bonchev–Trinajstić information content (AvgIpc) is 2.57. The van der Waals surface area contributed by atoms with Crippen LogP contribution in [0.5, 0.6) is 0 Å². The molecule has 128 valence electrons. The molecule has 0 aliphatic carbocycles. The highest BCUT2D eigenvalue weighted by molar-refractivity contribution is 7.98. The normalized spacial score (nSPS) is 10.5. The maximum absolute atomic E-state index is 12.0. The van der Waals surface area contributed by atoms with Crippen LogP contribution in [0.1, 0.15) is 29.3 Å². The van der Waals surface area contributed by atoms with Gasteiger partial charge in [-0.25, -0.2) is 9.97 Å². The van der Waals surface area contributed by atoms with Crippen molar-refractivity contribution in [1.82, 2.24) is 15.3 Å². The minimum Gasteiger partial charge on any atom is -0.363 e. The van der Waals surface area contributed by atoms with Crippen LogP contribution >= 0.6 is 23.4 Å². The zero-order chi connectivity index (χ0) is 17.5. The van der Waals surface area contributed by atoms with Gasteiger partial charge in [0.05, 0.1) is 0 Å². The van der Waals surface area contributed by atoms with E-state index < -0.39 is 0 Å². The van der Waals surface area contributed by atoms with Gasteiger partial charge < -0.3 is 10.2 Å². The number of amides is 1. The Bertz CT molecular complexity index is 709. The van der Waals surface area contributed by atoms with Crippen molar-refractivity contribution in [3.05, 3.63) is 46.6 Å². The van der Waals surface area contributed by atoms with E-state index in [2.05, 4.69) is 15.3 Å². The monoisotopic (exact) mass is 364 g/mol. The lowest BCUT2D eigenvalue weighted by Crippen LogP contribution is -2.23. The molecule has 7 heteroatoms. The second-order valence-electron chi connectivity index (χ2n) is 5.47. The van der Waals surface area contributed by atoms with E-state index in [0.29, 0.717) is 28.2 Å². The summed E-state index contributed by atoms with van der Waals surface area (Å²) in [6.07, 6.45) is 0.918. The summed E-state index contributed by atoms with van der Waals surface area (Å²) >= 11 is 7.54. The number of thioether (sulfide) groups is 1. The molecule has 1 heterocycles. The first-order valence-electron chi connectivity index (χ1n) is 7.71. The number of aromatic nitrogens is 2. The van der Waals surface area contributed by atoms with Crippen LogP contribution in [0.4, 0.5) is 5.82 Å². The molecule has 0 spiro atoms. The molecule has 1 N–H and O–H groups in total. The molecule has 0 aliphatic rings. The van der Waals surface area contributed by atoms with Crippen molar-refractivity contribution >= 4 is 35.1 Å². The van der Waals surface area contributed by atoms with Gasteiger partial charge in [-0.1, -0.05) is 42.4 Å². The fourth-order valence-corrected chi connectivity index (χ4v) is 2.99. The molecule has 24 heavy (non-hydrogen) atoms. The van der Waals surface area contributed by atoms with Gasteiger partial charge in [-0.15, -0.1) is 0 Å². The maximum Gasteiger partial charge on any atom is 0.251 e. The van der Waals surface area contributed by atoms with Gasteiger partial charge in [0, 0.05) is 38.0 Å². The molecule has 0 saturated heterocycles. The molecule has 1 aromatic heterocycles. The molecule has 2 rings (SSSR count). The number of rotatable bonds is 7. The Kier molecular flexibility index (Phi) is 6.87. The molecule has 5 nitrogen and oxygen atoms in total. The van der Waals surface area contributed by atoms with E-state index in [1.54, 1.807) is 6.07 Å². The van der Waals surface area contributed by atoms with Crippen LogP contribution in [0, 0.1) is 0 Å². The number of benzene rings is 1. The summed E-state index contributed by atoms with van der Waals surface area (Å²) in [7, 11) is 3.82. The van der Waals surface area contributed by atoms with E-state index in [1.807, 2.05) is 50.2 Å². The van der Waals surface area contributed by atoms with E-state index in [4.69, 9.17) is 11.6 Å². The topological polar surface area (TPSA) is 58.1 Å². The molecule has 0 radical (unpaired) electrons. The summed E-state index contributed by atoms with van der Waals surface area (Å²) in [4.78, 5) is 22.6. The van der Waals surface area contributed by atoms with Crippen molar-refractivity contribution < 1.29 is 4.79 Å². The molecular weight excluding hydrogens is 344 g/mol. The number of nitrogens with one attached hydrogen (secondary N) is 1. The van der Waals surface area contributed by atoms with Crippen LogP contribution in [0.25, 0.3) is 0 Å². The smallest absolute Gasteiger partial charge is 0.251 e. The third-order valence-corrected chi connectivity index (χ3v) is 4.32. The summed E-state index contributed by atoms with van der Waals surface area (Å²) in [5.74, 6) is 1.39. The van der Waals surface area contributed by atoms with Gasteiger partial charge in [-0.2, -0.15) is 0 Å². The second kappa shape index (κ2) is 8.89. The van der Waals surface area contributed by atoms with Crippen LogP contribution in [-0.2, 0) is 5.75 Å². The van der Waals surface area contributed by atoms with Crippen LogP contribution in [0.15, 0.2) is 35.5 Å². The van der Waals surface area contributed by atoms with Crippen molar-refractivity contribution in [2.75, 3.05) is 25.5 Å². The number of hydrogen-bond donors (Lipinski definition) is 1. The van der Waals surface area contributed by atoms with Crippen LogP contribution < -0.4 is 10.2 Å². The first kappa shape index (κ1) is 18.5. The predicted octanol–water partition coefficient (Wildman–Crippen LogP) is 3.63. The van der Waals surface area contributed by atoms with Crippen LogP contribution in [-0.4, -0.2) is 36.5 Å². The fourth-order valence-electron chi connectivity index (χ4n) is 1.97. The van der Waals surface area contributed by atoms with Crippen molar-refractivity contribution in [3.63, 3.8) is 0 Å². The lowest BCUT2D eigenvalue weighted by Gasteiger charge is -2.12. The highest BCUT2D eigenvalue weighted by Gasteiger charge is 2.08. The van der Waals surface area contributed by atoms with Crippen molar-refractivity contribution in [2.24, 2.45) is 0 Å². The van der Waals surface area contributed by atoms with E-state index in [1.165, 1.54) is 11.8 Å². The first-order chi connectivity index (χ1) is 11.5. The predicted molar refractivity (Wildman–Crippen MR) is 100.0 cm³/mol. The number of nitrogens with zero attached hydrogens (tertiary/aromatic N) is 3. The molecule has 0 saturated carbocycles. The number of hydrogen-bond acceptors (Lipinski definition) is 5. The summed E-state index contributed by atoms with van der Waals surface area (Å²) < 4.78 is 0. The summed E-state index contributed by atoms with van der Waals surface area (Å²) in [6, 6.07) is 9.32. The van der Waals surface area contributed by atoms with Crippen LogP contribution in [0.3, 0.4) is 0 Å². The van der Waals surface area contributed by atoms with Crippen molar-refractivity contribution in [3.8, 4) is 0 Å². The lowest BCUT2D eigenvalue weighted by atomic mass is 10.1. The molecule has 0 atom stereocenters. The highest BCUT2D eigenvalue weighted by Crippen LogP contribution is 2.24. The standard InChI is InChI=1S/C17H21ClN4OS/c1-4-8-19-16(23)13-7-5-6-12(9-13)11-24-17-20-14(18)10-15(21-17)22(2)3/h5-7,9-10H,4,8,11H2,1-3H3,(H,19,23). The Balaban J connectivity index is 2.06. The number of anilines is 1. The van der Waals surface area contributed by atoms with Gasteiger partial charge in [0.15, 0.2) is 5.16 Å². The van der Waals surface area contributed by atoms with Crippen molar-refractivity contribution in [1.29, 1.82) is 0 Å². The molecule has 0 aliphatic heterocycles. The molecule has 0 unspecified atom stereocenters. The quantitative estimate of drug-likeness (QED) is 0.462. The van der Waals surface area contributed by atoms with Gasteiger partial charge in [0.1, 0.15) is 11.0 Å². The molecule has 0 bridgehead atoms. The molecule has 0 fully saturated rings. The SMILES string of the molecule is CCCNC(=O)c1cccc(CSc2nc(Cl)cc(N(C)C)n2)c1. The second-order valence-corrected chi connectivity index (χ2v) is 6.80. The average molecular weight is 365 g/mol. The van der Waals surface area contributed by atoms with Gasteiger partial charge in [0.2, 0.25) is 0 Å². The van der Waals surface area contributed by atoms with E-state index in [9.17, 15) is 4.79 Å². The first-order valence-corrected chi connectivity index (χ1v) is 9.07. The van der Waals surface area contributed by atoms with Crippen molar-refractivity contribution in [2.45, 2.75) is 24.3 Å². The molecular formula is C17H21ClN4OS. The molecule has 2 aromatic rings. The number of carbonyl (C=O) groups excluding carboxylic acids is 1. The van der Waals surface area contributed by atoms with Gasteiger partial charge in [0.25, 0.3) is 5.91 Å². The lowest BCUT2D eigenvalue weighted by molar-refractivity contribution is 0.0953. The van der Waals surface area contributed by atoms with Gasteiger partial charge in [-0.3, -0.25) is 4.79 Å². The number of carbonyl (C=O) groups is 1. The Hall–Kier alpha value is -1.79. The maximum atomic E-state index is 12.0. The largest absolute Gasteiger partial charge is 0.363 e. The molecule has 1 aromatic carbocycles. The van der Waals surface area contributed by atoms with Crippen LogP contribution in [0.2, 0.25) is 5.15 Å². The van der Waals surface area contributed by atoms with Gasteiger partial charge >= 0.3 is 0 Å². The minimum absolute atomic E-state index is 0.0439.